The third-order valence-electron chi connectivity index (χ3n) is 2.80. The zero-order chi connectivity index (χ0) is 14.2. The molecule has 0 amide bonds. The van der Waals surface area contributed by atoms with E-state index in [-0.39, 0.29) is 0 Å². The van der Waals surface area contributed by atoms with Crippen molar-refractivity contribution in [2.75, 3.05) is 18.1 Å². The van der Waals surface area contributed by atoms with Gasteiger partial charge in [-0.05, 0) is 55.0 Å². The Balaban J connectivity index is 1.60. The molecule has 0 heterocycles. The Morgan fingerprint density at radius 3 is 2.50 bits per heavy atom. The number of hydrogen-bond acceptors (Lipinski definition) is 3. The number of benzene rings is 2. The molecule has 0 saturated carbocycles. The normalized spacial score (nSPS) is 10.4. The van der Waals surface area contributed by atoms with Crippen LogP contribution in [0.1, 0.15) is 12.8 Å². The molecule has 0 unspecified atom stereocenters. The maximum absolute atomic E-state index is 5.85. The van der Waals surface area contributed by atoms with Crippen LogP contribution in [0.2, 0.25) is 5.02 Å². The molecule has 106 valence electrons. The Hall–Kier alpha value is -1.32. The highest BCUT2D eigenvalue weighted by Crippen LogP contribution is 2.22. The molecule has 2 aromatic rings. The molecule has 0 bridgehead atoms. The summed E-state index contributed by atoms with van der Waals surface area (Å²) in [5, 5.41) is 0.781. The molecule has 0 fully saturated rings. The van der Waals surface area contributed by atoms with Gasteiger partial charge in [0.15, 0.2) is 0 Å². The van der Waals surface area contributed by atoms with Gasteiger partial charge >= 0.3 is 0 Å². The average Bonchev–Trinajstić information content (AvgIpc) is 2.46. The van der Waals surface area contributed by atoms with Crippen LogP contribution in [0.4, 0.5) is 5.69 Å². The lowest BCUT2D eigenvalue weighted by molar-refractivity contribution is 0.311. The van der Waals surface area contributed by atoms with Crippen molar-refractivity contribution in [3.63, 3.8) is 0 Å². The van der Waals surface area contributed by atoms with Crippen LogP contribution in [0.3, 0.4) is 0 Å². The summed E-state index contributed by atoms with van der Waals surface area (Å²) >= 11 is 7.69. The molecule has 0 aliphatic rings. The van der Waals surface area contributed by atoms with Crippen LogP contribution >= 0.6 is 23.4 Å². The summed E-state index contributed by atoms with van der Waals surface area (Å²) in [4.78, 5) is 1.25. The van der Waals surface area contributed by atoms with Gasteiger partial charge in [-0.1, -0.05) is 23.7 Å². The maximum Gasteiger partial charge on any atom is 0.142 e. The van der Waals surface area contributed by atoms with Crippen molar-refractivity contribution in [2.45, 2.75) is 17.7 Å². The van der Waals surface area contributed by atoms with Crippen molar-refractivity contribution in [2.24, 2.45) is 0 Å². The average molecular weight is 308 g/mol. The van der Waals surface area contributed by atoms with Crippen LogP contribution in [0, 0.1) is 0 Å². The molecular formula is C16H18ClNOS. The Bertz CT molecular complexity index is 530. The van der Waals surface area contributed by atoms with Crippen LogP contribution in [0.15, 0.2) is 53.4 Å². The van der Waals surface area contributed by atoms with E-state index in [0.717, 1.165) is 29.4 Å². The van der Waals surface area contributed by atoms with Crippen molar-refractivity contribution >= 4 is 29.1 Å². The molecule has 20 heavy (non-hydrogen) atoms. The van der Waals surface area contributed by atoms with Crippen molar-refractivity contribution in [1.29, 1.82) is 0 Å². The van der Waals surface area contributed by atoms with Crippen molar-refractivity contribution in [3.8, 4) is 5.75 Å². The molecule has 0 aliphatic carbocycles. The van der Waals surface area contributed by atoms with Gasteiger partial charge in [-0.2, -0.15) is 0 Å². The minimum absolute atomic E-state index is 0.697. The molecule has 2 nitrogen and oxygen atoms in total. The summed E-state index contributed by atoms with van der Waals surface area (Å²) in [7, 11) is 0. The second-order valence-corrected chi connectivity index (χ2v) is 6.00. The number of hydrogen-bond donors (Lipinski definition) is 1. The van der Waals surface area contributed by atoms with Crippen molar-refractivity contribution in [3.05, 3.63) is 53.6 Å². The van der Waals surface area contributed by atoms with E-state index in [1.165, 1.54) is 4.90 Å². The predicted molar refractivity (Wildman–Crippen MR) is 87.8 cm³/mol. The molecule has 2 N–H and O–H groups in total. The first kappa shape index (κ1) is 15.1. The van der Waals surface area contributed by atoms with Gasteiger partial charge in [-0.25, -0.2) is 0 Å². The number of halogens is 1. The fourth-order valence-electron chi connectivity index (χ4n) is 1.72. The Labute approximate surface area is 129 Å². The topological polar surface area (TPSA) is 35.2 Å². The number of nitrogens with two attached hydrogens (primary N) is 1. The number of rotatable bonds is 7. The molecule has 0 radical (unpaired) electrons. The van der Waals surface area contributed by atoms with Crippen molar-refractivity contribution < 1.29 is 4.74 Å². The number of ether oxygens (including phenoxy) is 1. The Morgan fingerprint density at radius 1 is 1.00 bits per heavy atom. The zero-order valence-corrected chi connectivity index (χ0v) is 12.8. The Kier molecular flexibility index (Phi) is 6.09. The first-order valence-corrected chi connectivity index (χ1v) is 7.98. The zero-order valence-electron chi connectivity index (χ0n) is 11.2. The van der Waals surface area contributed by atoms with E-state index < -0.39 is 0 Å². The van der Waals surface area contributed by atoms with E-state index in [1.54, 1.807) is 0 Å². The smallest absolute Gasteiger partial charge is 0.142 e. The number of para-hydroxylation sites is 2. The van der Waals surface area contributed by atoms with Crippen LogP contribution in [0.5, 0.6) is 5.75 Å². The lowest BCUT2D eigenvalue weighted by atomic mass is 10.3. The molecule has 4 heteroatoms. The Morgan fingerprint density at radius 2 is 1.75 bits per heavy atom. The predicted octanol–water partition coefficient (Wildman–Crippen LogP) is 4.87. The van der Waals surface area contributed by atoms with Crippen LogP contribution in [-0.4, -0.2) is 12.4 Å². The number of anilines is 1. The van der Waals surface area contributed by atoms with Gasteiger partial charge in [0.1, 0.15) is 5.75 Å². The highest BCUT2D eigenvalue weighted by atomic mass is 35.5. The fraction of sp³-hybridized carbons (Fsp3) is 0.250. The SMILES string of the molecule is Nc1ccccc1OCCCCSc1ccc(Cl)cc1. The molecule has 0 aliphatic heterocycles. The van der Waals surface area contributed by atoms with Crippen LogP contribution < -0.4 is 10.5 Å². The second-order valence-electron chi connectivity index (χ2n) is 4.40. The summed E-state index contributed by atoms with van der Waals surface area (Å²) in [5.41, 5.74) is 6.51. The third kappa shape index (κ3) is 4.99. The molecule has 0 spiro atoms. The van der Waals surface area contributed by atoms with E-state index in [2.05, 4.69) is 0 Å². The van der Waals surface area contributed by atoms with Gasteiger partial charge < -0.3 is 10.5 Å². The molecule has 2 rings (SSSR count). The van der Waals surface area contributed by atoms with E-state index in [9.17, 15) is 0 Å². The lowest BCUT2D eigenvalue weighted by Crippen LogP contribution is -2.00. The van der Waals surface area contributed by atoms with Crippen molar-refractivity contribution in [1.82, 2.24) is 0 Å². The van der Waals surface area contributed by atoms with Gasteiger partial charge in [0.25, 0.3) is 0 Å². The van der Waals surface area contributed by atoms with Gasteiger partial charge in [0, 0.05) is 9.92 Å². The molecule has 2 aromatic carbocycles. The summed E-state index contributed by atoms with van der Waals surface area (Å²) in [5.74, 6) is 1.85. The summed E-state index contributed by atoms with van der Waals surface area (Å²) in [6.45, 7) is 0.704. The van der Waals surface area contributed by atoms with Crippen LogP contribution in [0.25, 0.3) is 0 Å². The minimum atomic E-state index is 0.697. The van der Waals surface area contributed by atoms with Gasteiger partial charge in [0.2, 0.25) is 0 Å². The highest BCUT2D eigenvalue weighted by molar-refractivity contribution is 7.99. The lowest BCUT2D eigenvalue weighted by Gasteiger charge is -2.08. The fourth-order valence-corrected chi connectivity index (χ4v) is 2.76. The van der Waals surface area contributed by atoms with E-state index >= 15 is 0 Å². The van der Waals surface area contributed by atoms with E-state index in [4.69, 9.17) is 22.1 Å². The molecule has 0 atom stereocenters. The van der Waals surface area contributed by atoms with Gasteiger partial charge in [0.05, 0.1) is 12.3 Å². The summed E-state index contributed by atoms with van der Waals surface area (Å²) < 4.78 is 5.65. The molecular weight excluding hydrogens is 290 g/mol. The van der Waals surface area contributed by atoms with E-state index in [1.807, 2.05) is 60.3 Å². The van der Waals surface area contributed by atoms with E-state index in [0.29, 0.717) is 12.3 Å². The highest BCUT2D eigenvalue weighted by Gasteiger charge is 1.98. The van der Waals surface area contributed by atoms with Crippen LogP contribution in [-0.2, 0) is 0 Å². The minimum Gasteiger partial charge on any atom is -0.491 e. The monoisotopic (exact) mass is 307 g/mol. The quantitative estimate of drug-likeness (QED) is 0.450. The number of thioether (sulfide) groups is 1. The second kappa shape index (κ2) is 8.08. The summed E-state index contributed by atoms with van der Waals surface area (Å²) in [6.07, 6.45) is 2.13. The number of unbranched alkanes of at least 4 members (excludes halogenated alkanes) is 1. The maximum atomic E-state index is 5.85. The first-order chi connectivity index (χ1) is 9.75. The van der Waals surface area contributed by atoms with Gasteiger partial charge in [-0.3, -0.25) is 0 Å². The largest absolute Gasteiger partial charge is 0.491 e. The number of nitrogen functional groups attached to an aromatic ring is 1. The summed E-state index contributed by atoms with van der Waals surface area (Å²) in [6, 6.07) is 15.5. The third-order valence-corrected chi connectivity index (χ3v) is 4.15. The standard InChI is InChI=1S/C16H18ClNOS/c17-13-7-9-14(10-8-13)20-12-4-3-11-19-16-6-2-1-5-15(16)18/h1-2,5-10H,3-4,11-12,18H2. The first-order valence-electron chi connectivity index (χ1n) is 6.61. The molecule has 0 aromatic heterocycles. The van der Waals surface area contributed by atoms with Gasteiger partial charge in [-0.15, -0.1) is 11.8 Å². The molecule has 0 saturated heterocycles.